The van der Waals surface area contributed by atoms with Gasteiger partial charge in [-0.2, -0.15) is 0 Å². The highest BCUT2D eigenvalue weighted by Crippen LogP contribution is 2.20. The van der Waals surface area contributed by atoms with Crippen molar-refractivity contribution in [3.8, 4) is 11.3 Å². The van der Waals surface area contributed by atoms with Crippen LogP contribution in [-0.4, -0.2) is 20.9 Å². The van der Waals surface area contributed by atoms with Crippen molar-refractivity contribution < 1.29 is 13.9 Å². The van der Waals surface area contributed by atoms with Crippen LogP contribution in [0.1, 0.15) is 27.6 Å². The van der Waals surface area contributed by atoms with Crippen molar-refractivity contribution in [2.24, 2.45) is 0 Å². The quantitative estimate of drug-likeness (QED) is 0.507. The van der Waals surface area contributed by atoms with Crippen molar-refractivity contribution >= 4 is 17.0 Å². The topological polar surface area (TPSA) is 78.1 Å². The minimum Gasteiger partial charge on any atom is -0.452 e. The molecule has 2 aromatic carbocycles. The second-order valence-corrected chi connectivity index (χ2v) is 6.16. The van der Waals surface area contributed by atoms with Gasteiger partial charge in [-0.1, -0.05) is 30.3 Å². The molecule has 6 heteroatoms. The fourth-order valence-electron chi connectivity index (χ4n) is 2.68. The monoisotopic (exact) mass is 359 g/mol. The zero-order valence-corrected chi connectivity index (χ0v) is 15.0. The SMILES string of the molecule is Cc1nc2ccc(C(=O)OCc3ncc(-c4ccccc4)o3)cc2nc1C. The van der Waals surface area contributed by atoms with E-state index >= 15 is 0 Å². The van der Waals surface area contributed by atoms with Crippen molar-refractivity contribution in [2.45, 2.75) is 20.5 Å². The number of hydrogen-bond acceptors (Lipinski definition) is 6. The second-order valence-electron chi connectivity index (χ2n) is 6.16. The smallest absolute Gasteiger partial charge is 0.338 e. The van der Waals surface area contributed by atoms with E-state index in [1.165, 1.54) is 0 Å². The molecule has 0 fully saturated rings. The summed E-state index contributed by atoms with van der Waals surface area (Å²) in [4.78, 5) is 25.4. The van der Waals surface area contributed by atoms with Crippen LogP contribution in [0.3, 0.4) is 0 Å². The van der Waals surface area contributed by atoms with Crippen LogP contribution in [0.2, 0.25) is 0 Å². The number of rotatable bonds is 4. The Labute approximate surface area is 155 Å². The average Bonchev–Trinajstić information content (AvgIpc) is 3.16. The molecule has 0 bridgehead atoms. The maximum absolute atomic E-state index is 12.4. The molecule has 0 radical (unpaired) electrons. The third-order valence-corrected chi connectivity index (χ3v) is 4.25. The fraction of sp³-hybridized carbons (Fsp3) is 0.143. The van der Waals surface area contributed by atoms with Crippen LogP contribution in [0.15, 0.2) is 59.1 Å². The highest BCUT2D eigenvalue weighted by molar-refractivity contribution is 5.93. The molecule has 0 saturated heterocycles. The van der Waals surface area contributed by atoms with E-state index in [0.29, 0.717) is 22.7 Å². The van der Waals surface area contributed by atoms with E-state index in [1.54, 1.807) is 24.4 Å². The minimum atomic E-state index is -0.462. The molecule has 0 aliphatic heterocycles. The molecule has 0 saturated carbocycles. The first-order valence-corrected chi connectivity index (χ1v) is 8.52. The summed E-state index contributed by atoms with van der Waals surface area (Å²) in [5.41, 5.74) is 4.44. The number of nitrogens with zero attached hydrogens (tertiary/aromatic N) is 3. The summed E-state index contributed by atoms with van der Waals surface area (Å²) in [7, 11) is 0. The molecule has 0 spiro atoms. The Kier molecular flexibility index (Phi) is 4.38. The van der Waals surface area contributed by atoms with E-state index in [9.17, 15) is 4.79 Å². The Bertz CT molecular complexity index is 1120. The predicted molar refractivity (Wildman–Crippen MR) is 100 cm³/mol. The molecule has 0 amide bonds. The van der Waals surface area contributed by atoms with Gasteiger partial charge in [0.05, 0.1) is 34.2 Å². The molecule has 0 N–H and O–H groups in total. The van der Waals surface area contributed by atoms with Gasteiger partial charge >= 0.3 is 5.97 Å². The molecule has 0 unspecified atom stereocenters. The van der Waals surface area contributed by atoms with Crippen LogP contribution in [0.4, 0.5) is 0 Å². The molecule has 0 aliphatic carbocycles. The van der Waals surface area contributed by atoms with E-state index in [0.717, 1.165) is 22.5 Å². The molecule has 0 atom stereocenters. The van der Waals surface area contributed by atoms with Gasteiger partial charge in [-0.25, -0.2) is 19.7 Å². The van der Waals surface area contributed by atoms with Gasteiger partial charge in [0.15, 0.2) is 12.4 Å². The van der Waals surface area contributed by atoms with E-state index in [4.69, 9.17) is 9.15 Å². The fourth-order valence-corrected chi connectivity index (χ4v) is 2.68. The van der Waals surface area contributed by atoms with Crippen LogP contribution in [-0.2, 0) is 11.3 Å². The first-order chi connectivity index (χ1) is 13.1. The molecule has 2 heterocycles. The zero-order chi connectivity index (χ0) is 18.8. The lowest BCUT2D eigenvalue weighted by molar-refractivity contribution is 0.0439. The maximum Gasteiger partial charge on any atom is 0.338 e. The van der Waals surface area contributed by atoms with Crippen LogP contribution in [0.25, 0.3) is 22.4 Å². The van der Waals surface area contributed by atoms with E-state index < -0.39 is 5.97 Å². The average molecular weight is 359 g/mol. The van der Waals surface area contributed by atoms with E-state index in [-0.39, 0.29) is 6.61 Å². The van der Waals surface area contributed by atoms with Gasteiger partial charge in [0.2, 0.25) is 5.89 Å². The lowest BCUT2D eigenvalue weighted by Crippen LogP contribution is -2.06. The molecular weight excluding hydrogens is 342 g/mol. The largest absolute Gasteiger partial charge is 0.452 e. The first-order valence-electron chi connectivity index (χ1n) is 8.52. The van der Waals surface area contributed by atoms with Gasteiger partial charge in [0, 0.05) is 5.56 Å². The highest BCUT2D eigenvalue weighted by Gasteiger charge is 2.13. The number of aromatic nitrogens is 3. The van der Waals surface area contributed by atoms with Crippen LogP contribution >= 0.6 is 0 Å². The summed E-state index contributed by atoms with van der Waals surface area (Å²) in [6, 6.07) is 14.8. The number of esters is 1. The van der Waals surface area contributed by atoms with Gasteiger partial charge in [-0.3, -0.25) is 0 Å². The number of aryl methyl sites for hydroxylation is 2. The lowest BCUT2D eigenvalue weighted by Gasteiger charge is -2.05. The lowest BCUT2D eigenvalue weighted by atomic mass is 10.2. The molecule has 6 nitrogen and oxygen atoms in total. The van der Waals surface area contributed by atoms with Gasteiger partial charge < -0.3 is 9.15 Å². The van der Waals surface area contributed by atoms with Crippen LogP contribution in [0, 0.1) is 13.8 Å². The minimum absolute atomic E-state index is 0.0394. The van der Waals surface area contributed by atoms with Crippen molar-refractivity contribution in [1.29, 1.82) is 0 Å². The summed E-state index contributed by atoms with van der Waals surface area (Å²) in [6.45, 7) is 3.76. The van der Waals surface area contributed by atoms with Crippen molar-refractivity contribution in [3.63, 3.8) is 0 Å². The highest BCUT2D eigenvalue weighted by atomic mass is 16.5. The molecular formula is C21H17N3O3. The van der Waals surface area contributed by atoms with Gasteiger partial charge in [0.25, 0.3) is 0 Å². The zero-order valence-electron chi connectivity index (χ0n) is 15.0. The second kappa shape index (κ2) is 6.99. The Balaban J connectivity index is 1.47. The Morgan fingerprint density at radius 2 is 1.74 bits per heavy atom. The molecule has 27 heavy (non-hydrogen) atoms. The van der Waals surface area contributed by atoms with Crippen LogP contribution < -0.4 is 0 Å². The maximum atomic E-state index is 12.4. The Morgan fingerprint density at radius 1 is 1.00 bits per heavy atom. The third-order valence-electron chi connectivity index (χ3n) is 4.25. The number of hydrogen-bond donors (Lipinski definition) is 0. The van der Waals surface area contributed by atoms with Crippen molar-refractivity contribution in [2.75, 3.05) is 0 Å². The van der Waals surface area contributed by atoms with Crippen molar-refractivity contribution in [3.05, 3.63) is 77.6 Å². The summed E-state index contributed by atoms with van der Waals surface area (Å²) >= 11 is 0. The molecule has 2 aromatic heterocycles. The molecule has 4 rings (SSSR count). The number of benzene rings is 2. The molecule has 0 aliphatic rings. The van der Waals surface area contributed by atoms with Gasteiger partial charge in [0.1, 0.15) is 0 Å². The number of carbonyl (C=O) groups excluding carboxylic acids is 1. The first kappa shape index (κ1) is 16.9. The third kappa shape index (κ3) is 3.55. The normalized spacial score (nSPS) is 10.9. The number of carbonyl (C=O) groups is 1. The molecule has 134 valence electrons. The summed E-state index contributed by atoms with van der Waals surface area (Å²) < 4.78 is 11.0. The molecule has 4 aromatic rings. The van der Waals surface area contributed by atoms with Gasteiger partial charge in [-0.05, 0) is 32.0 Å². The number of oxazole rings is 1. The standard InChI is InChI=1S/C21H17N3O3/c1-13-14(2)24-18-10-16(8-9-17(18)23-13)21(25)26-12-20-22-11-19(27-20)15-6-4-3-5-7-15/h3-11H,12H2,1-2H3. The Morgan fingerprint density at radius 3 is 2.52 bits per heavy atom. The van der Waals surface area contributed by atoms with Crippen LogP contribution in [0.5, 0.6) is 0 Å². The van der Waals surface area contributed by atoms with Crippen molar-refractivity contribution in [1.82, 2.24) is 15.0 Å². The Hall–Kier alpha value is -3.54. The summed E-state index contributed by atoms with van der Waals surface area (Å²) in [6.07, 6.45) is 1.62. The predicted octanol–water partition coefficient (Wildman–Crippen LogP) is 4.26. The number of ether oxygens (including phenoxy) is 1. The summed E-state index contributed by atoms with van der Waals surface area (Å²) in [5, 5.41) is 0. The van der Waals surface area contributed by atoms with Gasteiger partial charge in [-0.15, -0.1) is 0 Å². The van der Waals surface area contributed by atoms with E-state index in [2.05, 4.69) is 15.0 Å². The number of fused-ring (bicyclic) bond motifs is 1. The van der Waals surface area contributed by atoms with E-state index in [1.807, 2.05) is 44.2 Å². The summed E-state index contributed by atoms with van der Waals surface area (Å²) in [5.74, 6) is 0.513.